The van der Waals surface area contributed by atoms with E-state index in [1.807, 2.05) is 0 Å². The van der Waals surface area contributed by atoms with Gasteiger partial charge in [0.25, 0.3) is 0 Å². The molecule has 0 saturated carbocycles. The summed E-state index contributed by atoms with van der Waals surface area (Å²) in [6.07, 6.45) is 4.00. The molecule has 0 aliphatic heterocycles. The zero-order chi connectivity index (χ0) is 10.9. The van der Waals surface area contributed by atoms with Crippen LogP contribution in [0.15, 0.2) is 11.5 Å². The SMILES string of the molecule is CC(C)CNCCCCSc1ncn[nH]1. The molecule has 0 aliphatic carbocycles. The highest BCUT2D eigenvalue weighted by Gasteiger charge is 1.96. The number of hydrogen-bond acceptors (Lipinski definition) is 4. The molecular formula is C10H20N4S. The molecule has 0 atom stereocenters. The minimum Gasteiger partial charge on any atom is -0.316 e. The van der Waals surface area contributed by atoms with Crippen molar-refractivity contribution < 1.29 is 0 Å². The minimum atomic E-state index is 0.744. The van der Waals surface area contributed by atoms with Gasteiger partial charge in [-0.2, -0.15) is 5.10 Å². The fourth-order valence-electron chi connectivity index (χ4n) is 1.18. The lowest BCUT2D eigenvalue weighted by Crippen LogP contribution is -2.20. The third-order valence-corrected chi connectivity index (χ3v) is 2.90. The topological polar surface area (TPSA) is 53.6 Å². The fraction of sp³-hybridized carbons (Fsp3) is 0.800. The van der Waals surface area contributed by atoms with E-state index in [9.17, 15) is 0 Å². The number of nitrogens with one attached hydrogen (secondary N) is 2. The van der Waals surface area contributed by atoms with Gasteiger partial charge in [-0.3, -0.25) is 5.10 Å². The molecule has 0 bridgehead atoms. The highest BCUT2D eigenvalue weighted by atomic mass is 32.2. The van der Waals surface area contributed by atoms with Crippen LogP contribution in [0.1, 0.15) is 26.7 Å². The average Bonchev–Trinajstić information content (AvgIpc) is 2.68. The van der Waals surface area contributed by atoms with Crippen molar-refractivity contribution in [3.05, 3.63) is 6.33 Å². The van der Waals surface area contributed by atoms with E-state index in [2.05, 4.69) is 34.3 Å². The van der Waals surface area contributed by atoms with E-state index < -0.39 is 0 Å². The normalized spacial score (nSPS) is 11.1. The molecule has 4 nitrogen and oxygen atoms in total. The van der Waals surface area contributed by atoms with Gasteiger partial charge in [-0.05, 0) is 31.8 Å². The van der Waals surface area contributed by atoms with Gasteiger partial charge >= 0.3 is 0 Å². The number of aromatic nitrogens is 3. The largest absolute Gasteiger partial charge is 0.316 e. The van der Waals surface area contributed by atoms with Gasteiger partial charge in [0.1, 0.15) is 6.33 Å². The Balaban J connectivity index is 1.85. The summed E-state index contributed by atoms with van der Waals surface area (Å²) in [5.41, 5.74) is 0. The zero-order valence-corrected chi connectivity index (χ0v) is 10.3. The number of aromatic amines is 1. The summed E-state index contributed by atoms with van der Waals surface area (Å²) in [4.78, 5) is 4.05. The summed E-state index contributed by atoms with van der Waals surface area (Å²) < 4.78 is 0. The van der Waals surface area contributed by atoms with E-state index in [-0.39, 0.29) is 0 Å². The first kappa shape index (κ1) is 12.5. The molecule has 5 heteroatoms. The second-order valence-electron chi connectivity index (χ2n) is 3.94. The van der Waals surface area contributed by atoms with Crippen LogP contribution >= 0.6 is 11.8 Å². The summed E-state index contributed by atoms with van der Waals surface area (Å²) in [6, 6.07) is 0. The van der Waals surface area contributed by atoms with Gasteiger partial charge in [-0.15, -0.1) is 0 Å². The van der Waals surface area contributed by atoms with Crippen molar-refractivity contribution in [3.63, 3.8) is 0 Å². The van der Waals surface area contributed by atoms with Crippen LogP contribution in [0.3, 0.4) is 0 Å². The first-order chi connectivity index (χ1) is 7.29. The molecule has 0 saturated heterocycles. The molecule has 0 unspecified atom stereocenters. The molecule has 0 spiro atoms. The Hall–Kier alpha value is -0.550. The molecule has 86 valence electrons. The van der Waals surface area contributed by atoms with Gasteiger partial charge in [0.05, 0.1) is 0 Å². The van der Waals surface area contributed by atoms with Crippen molar-refractivity contribution in [1.82, 2.24) is 20.5 Å². The van der Waals surface area contributed by atoms with Crippen LogP contribution < -0.4 is 5.32 Å². The lowest BCUT2D eigenvalue weighted by atomic mass is 10.2. The van der Waals surface area contributed by atoms with Crippen molar-refractivity contribution in [2.45, 2.75) is 31.8 Å². The number of nitrogens with zero attached hydrogens (tertiary/aromatic N) is 2. The fourth-order valence-corrected chi connectivity index (χ4v) is 1.96. The van der Waals surface area contributed by atoms with Crippen LogP contribution in [0.5, 0.6) is 0 Å². The Morgan fingerprint density at radius 3 is 3.00 bits per heavy atom. The van der Waals surface area contributed by atoms with Gasteiger partial charge in [0, 0.05) is 5.75 Å². The van der Waals surface area contributed by atoms with Gasteiger partial charge in [-0.25, -0.2) is 4.98 Å². The molecule has 0 radical (unpaired) electrons. The number of rotatable bonds is 8. The molecule has 15 heavy (non-hydrogen) atoms. The summed E-state index contributed by atoms with van der Waals surface area (Å²) in [7, 11) is 0. The van der Waals surface area contributed by atoms with E-state index in [0.717, 1.165) is 29.9 Å². The molecule has 1 heterocycles. The standard InChI is InChI=1S/C10H20N4S/c1-9(2)7-11-5-3-4-6-15-10-12-8-13-14-10/h8-9,11H,3-7H2,1-2H3,(H,12,13,14). The van der Waals surface area contributed by atoms with E-state index >= 15 is 0 Å². The predicted octanol–water partition coefficient (Wildman–Crippen LogP) is 1.92. The number of unbranched alkanes of at least 4 members (excludes halogenated alkanes) is 1. The van der Waals surface area contributed by atoms with Gasteiger partial charge < -0.3 is 5.32 Å². The smallest absolute Gasteiger partial charge is 0.183 e. The third kappa shape index (κ3) is 6.52. The van der Waals surface area contributed by atoms with Crippen molar-refractivity contribution in [2.24, 2.45) is 5.92 Å². The van der Waals surface area contributed by atoms with Crippen LogP contribution in [-0.4, -0.2) is 34.0 Å². The van der Waals surface area contributed by atoms with E-state index in [1.165, 1.54) is 12.8 Å². The maximum absolute atomic E-state index is 4.05. The monoisotopic (exact) mass is 228 g/mol. The molecule has 1 aromatic rings. The predicted molar refractivity (Wildman–Crippen MR) is 64.0 cm³/mol. The Bertz CT molecular complexity index is 236. The summed E-state index contributed by atoms with van der Waals surface area (Å²) >= 11 is 1.73. The van der Waals surface area contributed by atoms with E-state index in [1.54, 1.807) is 18.1 Å². The molecule has 0 aliphatic rings. The quantitative estimate of drug-likeness (QED) is 0.527. The minimum absolute atomic E-state index is 0.744. The summed E-state index contributed by atoms with van der Waals surface area (Å²) in [5, 5.41) is 11.0. The molecule has 0 amide bonds. The third-order valence-electron chi connectivity index (χ3n) is 1.93. The maximum Gasteiger partial charge on any atom is 0.183 e. The molecule has 1 rings (SSSR count). The van der Waals surface area contributed by atoms with Crippen molar-refractivity contribution >= 4 is 11.8 Å². The molecule has 1 aromatic heterocycles. The van der Waals surface area contributed by atoms with Crippen LogP contribution in [0.4, 0.5) is 0 Å². The van der Waals surface area contributed by atoms with Gasteiger partial charge in [0.2, 0.25) is 0 Å². The molecule has 0 aromatic carbocycles. The first-order valence-electron chi connectivity index (χ1n) is 5.48. The Labute approximate surface area is 95.6 Å². The average molecular weight is 228 g/mol. The molecule has 2 N–H and O–H groups in total. The van der Waals surface area contributed by atoms with Crippen LogP contribution in [0.25, 0.3) is 0 Å². The van der Waals surface area contributed by atoms with Crippen LogP contribution in [0, 0.1) is 5.92 Å². The Morgan fingerprint density at radius 1 is 1.47 bits per heavy atom. The highest BCUT2D eigenvalue weighted by Crippen LogP contribution is 2.12. The van der Waals surface area contributed by atoms with Crippen LogP contribution in [0.2, 0.25) is 0 Å². The zero-order valence-electron chi connectivity index (χ0n) is 9.49. The van der Waals surface area contributed by atoms with Crippen molar-refractivity contribution in [2.75, 3.05) is 18.8 Å². The summed E-state index contributed by atoms with van der Waals surface area (Å²) in [5.74, 6) is 1.85. The van der Waals surface area contributed by atoms with Crippen molar-refractivity contribution in [3.8, 4) is 0 Å². The number of hydrogen-bond donors (Lipinski definition) is 2. The van der Waals surface area contributed by atoms with Gasteiger partial charge in [0.15, 0.2) is 5.16 Å². The van der Waals surface area contributed by atoms with Gasteiger partial charge in [-0.1, -0.05) is 25.6 Å². The van der Waals surface area contributed by atoms with E-state index in [4.69, 9.17) is 0 Å². The molecular weight excluding hydrogens is 208 g/mol. The Kier molecular flexibility index (Phi) is 6.43. The first-order valence-corrected chi connectivity index (χ1v) is 6.46. The second kappa shape index (κ2) is 7.70. The Morgan fingerprint density at radius 2 is 2.33 bits per heavy atom. The summed E-state index contributed by atoms with van der Waals surface area (Å²) in [6.45, 7) is 6.70. The lowest BCUT2D eigenvalue weighted by molar-refractivity contribution is 0.541. The maximum atomic E-state index is 4.05. The van der Waals surface area contributed by atoms with Crippen LogP contribution in [-0.2, 0) is 0 Å². The molecule has 0 fully saturated rings. The lowest BCUT2D eigenvalue weighted by Gasteiger charge is -2.06. The van der Waals surface area contributed by atoms with E-state index in [0.29, 0.717) is 0 Å². The van der Waals surface area contributed by atoms with Crippen molar-refractivity contribution in [1.29, 1.82) is 0 Å². The highest BCUT2D eigenvalue weighted by molar-refractivity contribution is 7.99. The number of H-pyrrole nitrogens is 1. The number of thioether (sulfide) groups is 1. The second-order valence-corrected chi connectivity index (χ2v) is 5.03.